The SMILES string of the molecule is O=C(C[C@@H](c1ccccc1[N+](=O)[O-])c1cn(Cc2ccc(F)cc2)c2ccccc12)N1CCOCC1. The molecule has 36 heavy (non-hydrogen) atoms. The lowest BCUT2D eigenvalue weighted by Crippen LogP contribution is -2.41. The van der Waals surface area contributed by atoms with Gasteiger partial charge in [0, 0.05) is 60.7 Å². The fourth-order valence-electron chi connectivity index (χ4n) is 4.92. The predicted octanol–water partition coefficient (Wildman–Crippen LogP) is 5.12. The van der Waals surface area contributed by atoms with Crippen LogP contribution in [0.15, 0.2) is 79.0 Å². The molecule has 2 heterocycles. The second-order valence-corrected chi connectivity index (χ2v) is 8.92. The highest BCUT2D eigenvalue weighted by Crippen LogP contribution is 2.39. The van der Waals surface area contributed by atoms with Crippen LogP contribution in [-0.2, 0) is 16.1 Å². The number of nitro benzene ring substituents is 1. The van der Waals surface area contributed by atoms with Gasteiger partial charge in [0.1, 0.15) is 5.82 Å². The molecule has 0 N–H and O–H groups in total. The third kappa shape index (κ3) is 4.85. The van der Waals surface area contributed by atoms with Crippen LogP contribution in [-0.4, -0.2) is 46.6 Å². The average Bonchev–Trinajstić information content (AvgIpc) is 3.27. The second-order valence-electron chi connectivity index (χ2n) is 8.92. The molecule has 1 saturated heterocycles. The summed E-state index contributed by atoms with van der Waals surface area (Å²) in [5.41, 5.74) is 3.22. The van der Waals surface area contributed by atoms with Crippen LogP contribution in [0, 0.1) is 15.9 Å². The number of rotatable bonds is 7. The third-order valence-corrected chi connectivity index (χ3v) is 6.71. The zero-order chi connectivity index (χ0) is 25.1. The van der Waals surface area contributed by atoms with Gasteiger partial charge in [-0.1, -0.05) is 48.5 Å². The van der Waals surface area contributed by atoms with E-state index in [0.717, 1.165) is 22.0 Å². The van der Waals surface area contributed by atoms with E-state index >= 15 is 0 Å². The maximum absolute atomic E-state index is 13.4. The molecule has 1 atom stereocenters. The summed E-state index contributed by atoms with van der Waals surface area (Å²) in [4.78, 5) is 26.7. The van der Waals surface area contributed by atoms with Crippen molar-refractivity contribution in [1.29, 1.82) is 0 Å². The minimum Gasteiger partial charge on any atom is -0.378 e. The van der Waals surface area contributed by atoms with E-state index in [1.165, 1.54) is 18.2 Å². The molecule has 0 aliphatic carbocycles. The maximum atomic E-state index is 13.4. The molecule has 0 radical (unpaired) electrons. The fraction of sp³-hybridized carbons (Fsp3) is 0.250. The van der Waals surface area contributed by atoms with Crippen molar-refractivity contribution in [2.24, 2.45) is 0 Å². The Kier molecular flexibility index (Phi) is 6.77. The Labute approximate surface area is 207 Å². The number of hydrogen-bond donors (Lipinski definition) is 0. The number of hydrogen-bond acceptors (Lipinski definition) is 4. The molecular formula is C28H26FN3O4. The number of amides is 1. The first-order valence-electron chi connectivity index (χ1n) is 11.9. The lowest BCUT2D eigenvalue weighted by atomic mass is 9.86. The number of carbonyl (C=O) groups excluding carboxylic acids is 1. The topological polar surface area (TPSA) is 77.6 Å². The average molecular weight is 488 g/mol. The number of nitro groups is 1. The molecule has 0 saturated carbocycles. The van der Waals surface area contributed by atoms with Crippen molar-refractivity contribution in [2.75, 3.05) is 26.3 Å². The summed E-state index contributed by atoms with van der Waals surface area (Å²) in [5.74, 6) is -0.868. The number of carbonyl (C=O) groups is 1. The van der Waals surface area contributed by atoms with Gasteiger partial charge >= 0.3 is 0 Å². The van der Waals surface area contributed by atoms with E-state index in [-0.39, 0.29) is 28.8 Å². The minimum atomic E-state index is -0.513. The molecule has 1 aromatic heterocycles. The Hall–Kier alpha value is -4.04. The van der Waals surface area contributed by atoms with E-state index in [2.05, 4.69) is 4.57 Å². The first-order chi connectivity index (χ1) is 17.5. The molecule has 0 bridgehead atoms. The lowest BCUT2D eigenvalue weighted by Gasteiger charge is -2.28. The largest absolute Gasteiger partial charge is 0.378 e. The van der Waals surface area contributed by atoms with Gasteiger partial charge in [0.2, 0.25) is 5.91 Å². The first-order valence-corrected chi connectivity index (χ1v) is 11.9. The highest BCUT2D eigenvalue weighted by Gasteiger charge is 2.30. The second kappa shape index (κ2) is 10.3. The number of morpholine rings is 1. The van der Waals surface area contributed by atoms with E-state index in [1.807, 2.05) is 30.5 Å². The Bertz CT molecular complexity index is 1390. The highest BCUT2D eigenvalue weighted by molar-refractivity contribution is 5.87. The Morgan fingerprint density at radius 1 is 0.972 bits per heavy atom. The molecule has 1 aliphatic heterocycles. The quantitative estimate of drug-likeness (QED) is 0.268. The molecule has 1 fully saturated rings. The molecule has 0 unspecified atom stereocenters. The number of nitrogens with zero attached hydrogens (tertiary/aromatic N) is 3. The van der Waals surface area contributed by atoms with Crippen LogP contribution < -0.4 is 0 Å². The van der Waals surface area contributed by atoms with Crippen molar-refractivity contribution in [2.45, 2.75) is 18.9 Å². The molecule has 184 valence electrons. The van der Waals surface area contributed by atoms with Crippen molar-refractivity contribution >= 4 is 22.5 Å². The van der Waals surface area contributed by atoms with Gasteiger partial charge in [0.05, 0.1) is 18.1 Å². The molecule has 4 aromatic rings. The van der Waals surface area contributed by atoms with E-state index in [1.54, 1.807) is 35.2 Å². The molecule has 3 aromatic carbocycles. The van der Waals surface area contributed by atoms with E-state index in [9.17, 15) is 19.3 Å². The molecule has 7 nitrogen and oxygen atoms in total. The predicted molar refractivity (Wildman–Crippen MR) is 134 cm³/mol. The smallest absolute Gasteiger partial charge is 0.273 e. The van der Waals surface area contributed by atoms with Crippen molar-refractivity contribution in [1.82, 2.24) is 9.47 Å². The number of para-hydroxylation sites is 2. The normalized spacial score (nSPS) is 14.6. The van der Waals surface area contributed by atoms with Gasteiger partial charge in [0.15, 0.2) is 0 Å². The number of fused-ring (bicyclic) bond motifs is 1. The Morgan fingerprint density at radius 3 is 2.42 bits per heavy atom. The minimum absolute atomic E-state index is 0.00681. The molecule has 8 heteroatoms. The number of halogens is 1. The zero-order valence-corrected chi connectivity index (χ0v) is 19.7. The molecule has 0 spiro atoms. The van der Waals surface area contributed by atoms with Crippen LogP contribution in [0.25, 0.3) is 10.9 Å². The van der Waals surface area contributed by atoms with E-state index < -0.39 is 5.92 Å². The summed E-state index contributed by atoms with van der Waals surface area (Å²) >= 11 is 0. The van der Waals surface area contributed by atoms with Crippen molar-refractivity contribution in [3.8, 4) is 0 Å². The summed E-state index contributed by atoms with van der Waals surface area (Å²) < 4.78 is 20.9. The number of aromatic nitrogens is 1. The number of ether oxygens (including phenoxy) is 1. The van der Waals surface area contributed by atoms with Crippen molar-refractivity contribution in [3.05, 3.63) is 112 Å². The molecule has 5 rings (SSSR count). The van der Waals surface area contributed by atoms with Crippen LogP contribution in [0.2, 0.25) is 0 Å². The van der Waals surface area contributed by atoms with Gasteiger partial charge < -0.3 is 14.2 Å². The van der Waals surface area contributed by atoms with Gasteiger partial charge in [-0.05, 0) is 29.3 Å². The summed E-state index contributed by atoms with van der Waals surface area (Å²) in [6, 6.07) is 20.8. The molecule has 1 amide bonds. The Balaban J connectivity index is 1.61. The van der Waals surface area contributed by atoms with Crippen LogP contribution in [0.5, 0.6) is 0 Å². The van der Waals surface area contributed by atoms with Crippen molar-refractivity contribution < 1.29 is 18.8 Å². The summed E-state index contributed by atoms with van der Waals surface area (Å²) in [6.45, 7) is 2.49. The van der Waals surface area contributed by atoms with Gasteiger partial charge in [-0.25, -0.2) is 4.39 Å². The van der Waals surface area contributed by atoms with Gasteiger partial charge in [-0.3, -0.25) is 14.9 Å². The van der Waals surface area contributed by atoms with Crippen molar-refractivity contribution in [3.63, 3.8) is 0 Å². The van der Waals surface area contributed by atoms with E-state index in [4.69, 9.17) is 4.74 Å². The summed E-state index contributed by atoms with van der Waals surface area (Å²) in [6.07, 6.45) is 2.08. The molecule has 1 aliphatic rings. The van der Waals surface area contributed by atoms with Crippen LogP contribution in [0.3, 0.4) is 0 Å². The van der Waals surface area contributed by atoms with Crippen LogP contribution in [0.4, 0.5) is 10.1 Å². The van der Waals surface area contributed by atoms with E-state index in [0.29, 0.717) is 38.4 Å². The summed E-state index contributed by atoms with van der Waals surface area (Å²) in [5, 5.41) is 12.9. The number of benzene rings is 3. The van der Waals surface area contributed by atoms with Gasteiger partial charge in [-0.2, -0.15) is 0 Å². The highest BCUT2D eigenvalue weighted by atomic mass is 19.1. The fourth-order valence-corrected chi connectivity index (χ4v) is 4.92. The summed E-state index contributed by atoms with van der Waals surface area (Å²) in [7, 11) is 0. The lowest BCUT2D eigenvalue weighted by molar-refractivity contribution is -0.385. The van der Waals surface area contributed by atoms with Crippen LogP contribution >= 0.6 is 0 Å². The molecular weight excluding hydrogens is 461 g/mol. The first kappa shape index (κ1) is 23.7. The van der Waals surface area contributed by atoms with Gasteiger partial charge in [-0.15, -0.1) is 0 Å². The standard InChI is InChI=1S/C28H26FN3O4/c29-21-11-9-20(10-12-21)18-31-19-25(23-6-1-3-7-26(23)31)24(17-28(33)30-13-15-36-16-14-30)22-5-2-4-8-27(22)32(34)35/h1-12,19,24H,13-18H2/t24-/m0/s1. The maximum Gasteiger partial charge on any atom is 0.273 e. The monoisotopic (exact) mass is 487 g/mol. The third-order valence-electron chi connectivity index (χ3n) is 6.71. The van der Waals surface area contributed by atoms with Gasteiger partial charge in [0.25, 0.3) is 5.69 Å². The van der Waals surface area contributed by atoms with Crippen LogP contribution in [0.1, 0.15) is 29.0 Å². The zero-order valence-electron chi connectivity index (χ0n) is 19.7. The Morgan fingerprint density at radius 2 is 1.67 bits per heavy atom.